The first-order chi connectivity index (χ1) is 13.0. The van der Waals surface area contributed by atoms with Gasteiger partial charge in [-0.15, -0.1) is 0 Å². The molecule has 0 radical (unpaired) electrons. The van der Waals surface area contributed by atoms with E-state index in [1.54, 1.807) is 7.11 Å². The van der Waals surface area contributed by atoms with Crippen LogP contribution in [0.3, 0.4) is 0 Å². The summed E-state index contributed by atoms with van der Waals surface area (Å²) >= 11 is 0. The van der Waals surface area contributed by atoms with E-state index in [1.165, 1.54) is 5.56 Å². The average Bonchev–Trinajstić information content (AvgIpc) is 3.42. The summed E-state index contributed by atoms with van der Waals surface area (Å²) in [5.74, 6) is 0.0313. The molecular weight excluding hydrogens is 346 g/mol. The molecule has 148 valence electrons. The van der Waals surface area contributed by atoms with E-state index in [0.717, 1.165) is 31.4 Å². The third-order valence-corrected chi connectivity index (χ3v) is 5.83. The lowest BCUT2D eigenvalue weighted by molar-refractivity contribution is -0.139. The number of ether oxygens (including phenoxy) is 1. The molecule has 0 spiro atoms. The number of amides is 2. The first-order valence-electron chi connectivity index (χ1n) is 9.60. The smallest absolute Gasteiger partial charge is 0.317 e. The van der Waals surface area contributed by atoms with Crippen LogP contribution in [-0.4, -0.2) is 60.8 Å². The summed E-state index contributed by atoms with van der Waals surface area (Å²) in [5, 5.41) is 15.0. The molecule has 7 nitrogen and oxygen atoms in total. The van der Waals surface area contributed by atoms with Crippen molar-refractivity contribution in [2.75, 3.05) is 26.7 Å². The van der Waals surface area contributed by atoms with Gasteiger partial charge in [-0.2, -0.15) is 0 Å². The largest absolute Gasteiger partial charge is 0.497 e. The van der Waals surface area contributed by atoms with Gasteiger partial charge in [0.25, 0.3) is 0 Å². The van der Waals surface area contributed by atoms with Gasteiger partial charge in [-0.25, -0.2) is 4.79 Å². The van der Waals surface area contributed by atoms with Gasteiger partial charge >= 0.3 is 12.0 Å². The molecule has 1 aromatic carbocycles. The molecule has 2 amide bonds. The molecule has 0 aromatic heterocycles. The Balaban J connectivity index is 1.42. The number of hydrogen-bond acceptors (Lipinski definition) is 4. The number of nitrogens with one attached hydrogen (secondary N) is 2. The molecule has 0 aliphatic heterocycles. The Kier molecular flexibility index (Phi) is 5.89. The molecule has 0 saturated heterocycles. The lowest BCUT2D eigenvalue weighted by Crippen LogP contribution is -2.56. The first-order valence-corrected chi connectivity index (χ1v) is 9.60. The van der Waals surface area contributed by atoms with Gasteiger partial charge in [-0.3, -0.25) is 9.69 Å². The maximum Gasteiger partial charge on any atom is 0.317 e. The average molecular weight is 375 g/mol. The number of rotatable bonds is 9. The summed E-state index contributed by atoms with van der Waals surface area (Å²) in [6, 6.07) is 8.26. The zero-order valence-corrected chi connectivity index (χ0v) is 16.0. The summed E-state index contributed by atoms with van der Waals surface area (Å²) in [5.41, 5.74) is 1.23. The van der Waals surface area contributed by atoms with Crippen LogP contribution in [0.25, 0.3) is 0 Å². The number of aliphatic carboxylic acids is 1. The van der Waals surface area contributed by atoms with Crippen molar-refractivity contribution in [1.82, 2.24) is 15.5 Å². The number of benzene rings is 1. The summed E-state index contributed by atoms with van der Waals surface area (Å²) in [4.78, 5) is 25.1. The van der Waals surface area contributed by atoms with Crippen LogP contribution in [0.4, 0.5) is 4.79 Å². The van der Waals surface area contributed by atoms with Gasteiger partial charge in [-0.1, -0.05) is 19.1 Å². The van der Waals surface area contributed by atoms with Crippen molar-refractivity contribution in [3.05, 3.63) is 29.8 Å². The number of carbonyl (C=O) groups is 2. The summed E-state index contributed by atoms with van der Waals surface area (Å²) < 4.78 is 5.30. The SMILES string of the molecule is CCN(CC(=O)O)C1CC(NC(=O)NCC2(c3cccc(OC)c3)CC2)C1. The molecule has 0 unspecified atom stereocenters. The molecule has 2 fully saturated rings. The maximum absolute atomic E-state index is 12.2. The van der Waals surface area contributed by atoms with Crippen LogP contribution in [0.2, 0.25) is 0 Å². The minimum absolute atomic E-state index is 0.0223. The molecule has 2 aliphatic carbocycles. The Morgan fingerprint density at radius 3 is 2.67 bits per heavy atom. The third kappa shape index (κ3) is 4.71. The minimum atomic E-state index is -0.807. The van der Waals surface area contributed by atoms with Crippen molar-refractivity contribution in [3.8, 4) is 5.75 Å². The fraction of sp³-hybridized carbons (Fsp3) is 0.600. The third-order valence-electron chi connectivity index (χ3n) is 5.83. The van der Waals surface area contributed by atoms with E-state index in [2.05, 4.69) is 16.7 Å². The van der Waals surface area contributed by atoms with Gasteiger partial charge in [0.1, 0.15) is 5.75 Å². The molecule has 2 saturated carbocycles. The fourth-order valence-corrected chi connectivity index (χ4v) is 3.83. The van der Waals surface area contributed by atoms with Crippen LogP contribution >= 0.6 is 0 Å². The molecule has 0 heterocycles. The van der Waals surface area contributed by atoms with E-state index in [9.17, 15) is 9.59 Å². The second-order valence-electron chi connectivity index (χ2n) is 7.62. The highest BCUT2D eigenvalue weighted by Gasteiger charge is 2.44. The highest BCUT2D eigenvalue weighted by atomic mass is 16.5. The lowest BCUT2D eigenvalue weighted by atomic mass is 9.85. The first kappa shape index (κ1) is 19.5. The number of carbonyl (C=O) groups excluding carboxylic acids is 1. The predicted molar refractivity (Wildman–Crippen MR) is 102 cm³/mol. The van der Waals surface area contributed by atoms with E-state index in [1.807, 2.05) is 30.0 Å². The van der Waals surface area contributed by atoms with Gasteiger partial charge in [0.05, 0.1) is 13.7 Å². The quantitative estimate of drug-likeness (QED) is 0.614. The Bertz CT molecular complexity index is 684. The molecule has 3 rings (SSSR count). The van der Waals surface area contributed by atoms with E-state index in [-0.39, 0.29) is 30.1 Å². The van der Waals surface area contributed by atoms with E-state index < -0.39 is 5.97 Å². The van der Waals surface area contributed by atoms with Crippen molar-refractivity contribution in [2.24, 2.45) is 0 Å². The highest BCUT2D eigenvalue weighted by Crippen LogP contribution is 2.48. The van der Waals surface area contributed by atoms with Crippen molar-refractivity contribution < 1.29 is 19.4 Å². The standard InChI is InChI=1S/C20H29N3O4/c1-3-23(12-18(24)25)16-10-15(11-16)22-19(26)21-13-20(7-8-20)14-5-4-6-17(9-14)27-2/h4-6,9,15-16H,3,7-8,10-13H2,1-2H3,(H,24,25)(H2,21,22,26). The monoisotopic (exact) mass is 375 g/mol. The Morgan fingerprint density at radius 1 is 1.33 bits per heavy atom. The van der Waals surface area contributed by atoms with Crippen LogP contribution < -0.4 is 15.4 Å². The summed E-state index contributed by atoms with van der Waals surface area (Å²) in [6.45, 7) is 3.34. The van der Waals surface area contributed by atoms with Crippen molar-refractivity contribution in [3.63, 3.8) is 0 Å². The molecule has 0 atom stereocenters. The number of hydrogen-bond donors (Lipinski definition) is 3. The summed E-state index contributed by atoms with van der Waals surface area (Å²) in [6.07, 6.45) is 3.73. The number of carboxylic acid groups (broad SMARTS) is 1. The fourth-order valence-electron chi connectivity index (χ4n) is 3.83. The van der Waals surface area contributed by atoms with Crippen LogP contribution in [0, 0.1) is 0 Å². The zero-order valence-electron chi connectivity index (χ0n) is 16.0. The van der Waals surface area contributed by atoms with Crippen LogP contribution in [-0.2, 0) is 10.2 Å². The highest BCUT2D eigenvalue weighted by molar-refractivity contribution is 5.74. The Morgan fingerprint density at radius 2 is 2.07 bits per heavy atom. The topological polar surface area (TPSA) is 90.9 Å². The molecule has 1 aromatic rings. The van der Waals surface area contributed by atoms with E-state index >= 15 is 0 Å². The number of likely N-dealkylation sites (N-methyl/N-ethyl adjacent to an activating group) is 1. The van der Waals surface area contributed by atoms with Crippen LogP contribution in [0.15, 0.2) is 24.3 Å². The number of methoxy groups -OCH3 is 1. The van der Waals surface area contributed by atoms with Crippen LogP contribution in [0.5, 0.6) is 5.75 Å². The van der Waals surface area contributed by atoms with Gasteiger partial charge in [0.2, 0.25) is 0 Å². The second-order valence-corrected chi connectivity index (χ2v) is 7.62. The molecule has 3 N–H and O–H groups in total. The Labute approximate surface area is 160 Å². The molecule has 27 heavy (non-hydrogen) atoms. The van der Waals surface area contributed by atoms with Crippen molar-refractivity contribution in [1.29, 1.82) is 0 Å². The Hall–Kier alpha value is -2.28. The molecule has 7 heteroatoms. The normalized spacial score (nSPS) is 22.6. The van der Waals surface area contributed by atoms with Gasteiger partial charge < -0.3 is 20.5 Å². The number of nitrogens with zero attached hydrogens (tertiary/aromatic N) is 1. The minimum Gasteiger partial charge on any atom is -0.497 e. The van der Waals surface area contributed by atoms with Crippen molar-refractivity contribution in [2.45, 2.75) is 50.1 Å². The van der Waals surface area contributed by atoms with Crippen LogP contribution in [0.1, 0.15) is 38.2 Å². The second kappa shape index (κ2) is 8.17. The van der Waals surface area contributed by atoms with Gasteiger partial charge in [-0.05, 0) is 49.9 Å². The number of carboxylic acids is 1. The number of urea groups is 1. The molecular formula is C20H29N3O4. The van der Waals surface area contributed by atoms with E-state index in [0.29, 0.717) is 13.1 Å². The molecule has 2 aliphatic rings. The van der Waals surface area contributed by atoms with Gasteiger partial charge in [0, 0.05) is 24.0 Å². The van der Waals surface area contributed by atoms with E-state index in [4.69, 9.17) is 9.84 Å². The van der Waals surface area contributed by atoms with Crippen molar-refractivity contribution >= 4 is 12.0 Å². The lowest BCUT2D eigenvalue weighted by Gasteiger charge is -2.42. The maximum atomic E-state index is 12.2. The van der Waals surface area contributed by atoms with Gasteiger partial charge in [0.15, 0.2) is 0 Å². The predicted octanol–water partition coefficient (Wildman–Crippen LogP) is 1.96. The summed E-state index contributed by atoms with van der Waals surface area (Å²) in [7, 11) is 1.66. The zero-order chi connectivity index (χ0) is 19.4. The molecule has 0 bridgehead atoms.